The van der Waals surface area contributed by atoms with Crippen LogP contribution in [0.4, 0.5) is 10.5 Å². The second-order valence-electron chi connectivity index (χ2n) is 5.06. The highest BCUT2D eigenvalue weighted by Crippen LogP contribution is 2.26. The molecule has 1 aromatic heterocycles. The van der Waals surface area contributed by atoms with Gasteiger partial charge in [-0.05, 0) is 38.3 Å². The van der Waals surface area contributed by atoms with Gasteiger partial charge in [0.05, 0.1) is 11.9 Å². The predicted molar refractivity (Wildman–Crippen MR) is 74.8 cm³/mol. The van der Waals surface area contributed by atoms with Crippen LogP contribution in [0, 0.1) is 0 Å². The molecule has 0 aliphatic carbocycles. The molecule has 2 N–H and O–H groups in total. The summed E-state index contributed by atoms with van der Waals surface area (Å²) in [5.74, 6) is -1.08. The second-order valence-corrected chi connectivity index (χ2v) is 5.06. The lowest BCUT2D eigenvalue weighted by Gasteiger charge is -2.28. The minimum atomic E-state index is -1.08. The lowest BCUT2D eigenvalue weighted by Crippen LogP contribution is -2.42. The molecule has 1 aromatic rings. The van der Waals surface area contributed by atoms with Crippen molar-refractivity contribution in [2.24, 2.45) is 0 Å². The Bertz CT molecular complexity index is 501. The highest BCUT2D eigenvalue weighted by atomic mass is 16.4. The number of rotatable bonds is 3. The van der Waals surface area contributed by atoms with Crippen molar-refractivity contribution in [3.8, 4) is 0 Å². The van der Waals surface area contributed by atoms with Crippen molar-refractivity contribution >= 4 is 17.7 Å². The number of pyridine rings is 1. The highest BCUT2D eigenvalue weighted by Gasteiger charge is 2.33. The van der Waals surface area contributed by atoms with Gasteiger partial charge in [-0.2, -0.15) is 0 Å². The van der Waals surface area contributed by atoms with Gasteiger partial charge in [-0.3, -0.25) is 0 Å². The van der Waals surface area contributed by atoms with E-state index >= 15 is 0 Å². The fourth-order valence-corrected chi connectivity index (χ4v) is 2.62. The number of amides is 2. The van der Waals surface area contributed by atoms with Crippen molar-refractivity contribution in [3.63, 3.8) is 0 Å². The molecule has 20 heavy (non-hydrogen) atoms. The number of carbonyl (C=O) groups is 2. The summed E-state index contributed by atoms with van der Waals surface area (Å²) < 4.78 is 0. The van der Waals surface area contributed by atoms with E-state index in [1.54, 1.807) is 6.07 Å². The molecule has 0 spiro atoms. The van der Waals surface area contributed by atoms with Crippen LogP contribution in [0.25, 0.3) is 0 Å². The Labute approximate surface area is 117 Å². The van der Waals surface area contributed by atoms with Crippen molar-refractivity contribution in [2.75, 3.05) is 5.32 Å². The fourth-order valence-electron chi connectivity index (χ4n) is 2.62. The van der Waals surface area contributed by atoms with Crippen LogP contribution in [0.15, 0.2) is 18.3 Å². The molecule has 2 unspecified atom stereocenters. The standard InChI is InChI=1S/C14H19N3O3/c1-3-11-6-4-9(2)17(11)14(20)16-10-5-7-12(13(18)19)15-8-10/h5,7-9,11H,3-4,6H2,1-2H3,(H,16,20)(H,18,19). The maximum atomic E-state index is 12.3. The van der Waals surface area contributed by atoms with Crippen LogP contribution in [0.3, 0.4) is 0 Å². The number of nitrogens with one attached hydrogen (secondary N) is 1. The zero-order chi connectivity index (χ0) is 14.7. The number of aromatic nitrogens is 1. The van der Waals surface area contributed by atoms with E-state index < -0.39 is 5.97 Å². The van der Waals surface area contributed by atoms with Crippen molar-refractivity contribution in [1.82, 2.24) is 9.88 Å². The first kappa shape index (κ1) is 14.3. The van der Waals surface area contributed by atoms with E-state index in [1.165, 1.54) is 12.3 Å². The van der Waals surface area contributed by atoms with Crippen molar-refractivity contribution in [3.05, 3.63) is 24.0 Å². The zero-order valence-electron chi connectivity index (χ0n) is 11.7. The van der Waals surface area contributed by atoms with Gasteiger partial charge >= 0.3 is 12.0 Å². The summed E-state index contributed by atoms with van der Waals surface area (Å²) in [6, 6.07) is 3.28. The topological polar surface area (TPSA) is 82.5 Å². The van der Waals surface area contributed by atoms with Crippen LogP contribution < -0.4 is 5.32 Å². The second kappa shape index (κ2) is 5.90. The van der Waals surface area contributed by atoms with Gasteiger partial charge in [-0.1, -0.05) is 6.92 Å². The Hall–Kier alpha value is -2.11. The van der Waals surface area contributed by atoms with E-state index in [-0.39, 0.29) is 23.8 Å². The summed E-state index contributed by atoms with van der Waals surface area (Å²) >= 11 is 0. The molecule has 0 aromatic carbocycles. The number of carboxylic acids is 1. The number of anilines is 1. The zero-order valence-corrected chi connectivity index (χ0v) is 11.7. The fraction of sp³-hybridized carbons (Fsp3) is 0.500. The van der Waals surface area contributed by atoms with Crippen molar-refractivity contribution in [1.29, 1.82) is 0 Å². The van der Waals surface area contributed by atoms with E-state index in [0.717, 1.165) is 19.3 Å². The lowest BCUT2D eigenvalue weighted by molar-refractivity contribution is 0.0690. The van der Waals surface area contributed by atoms with Gasteiger partial charge in [0.1, 0.15) is 5.69 Å². The van der Waals surface area contributed by atoms with E-state index in [1.807, 2.05) is 11.8 Å². The Morgan fingerprint density at radius 2 is 2.20 bits per heavy atom. The maximum Gasteiger partial charge on any atom is 0.354 e. The van der Waals surface area contributed by atoms with Gasteiger partial charge in [-0.25, -0.2) is 14.6 Å². The van der Waals surface area contributed by atoms with Crippen LogP contribution in [0.5, 0.6) is 0 Å². The molecule has 2 atom stereocenters. The van der Waals surface area contributed by atoms with Gasteiger partial charge < -0.3 is 15.3 Å². The number of aromatic carboxylic acids is 1. The molecule has 1 fully saturated rings. The molecule has 0 bridgehead atoms. The first-order chi connectivity index (χ1) is 9.52. The Kier molecular flexibility index (Phi) is 4.22. The van der Waals surface area contributed by atoms with Crippen LogP contribution in [-0.2, 0) is 0 Å². The number of hydrogen-bond acceptors (Lipinski definition) is 3. The third-order valence-electron chi connectivity index (χ3n) is 3.73. The Morgan fingerprint density at radius 1 is 1.45 bits per heavy atom. The average Bonchev–Trinajstić information content (AvgIpc) is 2.80. The third kappa shape index (κ3) is 2.89. The molecular formula is C14H19N3O3. The number of likely N-dealkylation sites (tertiary alicyclic amines) is 1. The molecule has 2 rings (SSSR count). The van der Waals surface area contributed by atoms with E-state index in [9.17, 15) is 9.59 Å². The smallest absolute Gasteiger partial charge is 0.354 e. The predicted octanol–water partition coefficient (Wildman–Crippen LogP) is 2.57. The largest absolute Gasteiger partial charge is 0.477 e. The Balaban J connectivity index is 2.05. The SMILES string of the molecule is CCC1CCC(C)N1C(=O)Nc1ccc(C(=O)O)nc1. The highest BCUT2D eigenvalue weighted by molar-refractivity contribution is 5.90. The summed E-state index contributed by atoms with van der Waals surface area (Å²) in [5.41, 5.74) is 0.470. The number of carbonyl (C=O) groups excluding carboxylic acids is 1. The maximum absolute atomic E-state index is 12.3. The quantitative estimate of drug-likeness (QED) is 0.889. The number of urea groups is 1. The normalized spacial score (nSPS) is 21.8. The molecule has 6 heteroatoms. The van der Waals surface area contributed by atoms with E-state index in [0.29, 0.717) is 5.69 Å². The summed E-state index contributed by atoms with van der Waals surface area (Å²) in [7, 11) is 0. The first-order valence-electron chi connectivity index (χ1n) is 6.81. The number of carboxylic acid groups (broad SMARTS) is 1. The molecule has 2 amide bonds. The molecular weight excluding hydrogens is 258 g/mol. The summed E-state index contributed by atoms with van der Waals surface area (Å²) in [6.45, 7) is 4.12. The lowest BCUT2D eigenvalue weighted by atomic mass is 10.2. The molecule has 6 nitrogen and oxygen atoms in total. The molecule has 2 heterocycles. The molecule has 0 radical (unpaired) electrons. The van der Waals surface area contributed by atoms with Gasteiger partial charge in [-0.15, -0.1) is 0 Å². The molecule has 1 saturated heterocycles. The third-order valence-corrected chi connectivity index (χ3v) is 3.73. The summed E-state index contributed by atoms with van der Waals surface area (Å²) in [5, 5.41) is 11.5. The molecule has 108 valence electrons. The van der Waals surface area contributed by atoms with Gasteiger partial charge in [0.2, 0.25) is 0 Å². The van der Waals surface area contributed by atoms with Crippen molar-refractivity contribution in [2.45, 2.75) is 45.2 Å². The van der Waals surface area contributed by atoms with E-state index in [2.05, 4.69) is 17.2 Å². The average molecular weight is 277 g/mol. The summed E-state index contributed by atoms with van der Waals surface area (Å²) in [6.07, 6.45) is 4.35. The minimum Gasteiger partial charge on any atom is -0.477 e. The number of hydrogen-bond donors (Lipinski definition) is 2. The molecule has 0 saturated carbocycles. The van der Waals surface area contributed by atoms with Gasteiger partial charge in [0.25, 0.3) is 0 Å². The van der Waals surface area contributed by atoms with Crippen LogP contribution in [0.1, 0.15) is 43.6 Å². The summed E-state index contributed by atoms with van der Waals surface area (Å²) in [4.78, 5) is 28.6. The monoisotopic (exact) mass is 277 g/mol. The first-order valence-corrected chi connectivity index (χ1v) is 6.81. The van der Waals surface area contributed by atoms with Crippen LogP contribution >= 0.6 is 0 Å². The molecule has 1 aliphatic rings. The van der Waals surface area contributed by atoms with Crippen LogP contribution in [0.2, 0.25) is 0 Å². The van der Waals surface area contributed by atoms with Crippen molar-refractivity contribution < 1.29 is 14.7 Å². The van der Waals surface area contributed by atoms with Gasteiger partial charge in [0.15, 0.2) is 0 Å². The Morgan fingerprint density at radius 3 is 2.75 bits per heavy atom. The minimum absolute atomic E-state index is 0.0380. The van der Waals surface area contributed by atoms with Gasteiger partial charge in [0, 0.05) is 12.1 Å². The van der Waals surface area contributed by atoms with Crippen LogP contribution in [-0.4, -0.2) is 39.1 Å². The molecule has 1 aliphatic heterocycles. The number of nitrogens with zero attached hydrogens (tertiary/aromatic N) is 2. The van der Waals surface area contributed by atoms with E-state index in [4.69, 9.17) is 5.11 Å².